The van der Waals surface area contributed by atoms with Gasteiger partial charge in [0.1, 0.15) is 5.01 Å². The van der Waals surface area contributed by atoms with E-state index < -0.39 is 0 Å². The van der Waals surface area contributed by atoms with Crippen molar-refractivity contribution in [3.63, 3.8) is 0 Å². The highest BCUT2D eigenvalue weighted by atomic mass is 32.1. The summed E-state index contributed by atoms with van der Waals surface area (Å²) in [6.07, 6.45) is 3.54. The first kappa shape index (κ1) is 15.4. The minimum atomic E-state index is 0.549. The summed E-state index contributed by atoms with van der Waals surface area (Å²) in [5, 5.41) is 13.0. The number of aromatic nitrogens is 2. The van der Waals surface area contributed by atoms with E-state index in [2.05, 4.69) is 50.7 Å². The molecule has 0 amide bonds. The molecular formula is C16H23N5S. The van der Waals surface area contributed by atoms with Crippen LogP contribution in [0.5, 0.6) is 0 Å². The fraction of sp³-hybridized carbons (Fsp3) is 0.500. The minimum absolute atomic E-state index is 0.549. The van der Waals surface area contributed by atoms with Gasteiger partial charge in [-0.15, -0.1) is 10.2 Å². The van der Waals surface area contributed by atoms with Crippen LogP contribution in [0.3, 0.4) is 0 Å². The monoisotopic (exact) mass is 317 g/mol. The average Bonchev–Trinajstić information content (AvgIpc) is 2.98. The topological polar surface area (TPSA) is 67.1 Å². The van der Waals surface area contributed by atoms with Gasteiger partial charge < -0.3 is 16.0 Å². The lowest BCUT2D eigenvalue weighted by Gasteiger charge is -2.32. The van der Waals surface area contributed by atoms with E-state index in [4.69, 9.17) is 5.73 Å². The van der Waals surface area contributed by atoms with Crippen LogP contribution in [0.4, 0.5) is 5.13 Å². The van der Waals surface area contributed by atoms with Crippen molar-refractivity contribution in [1.29, 1.82) is 0 Å². The molecular weight excluding hydrogens is 294 g/mol. The predicted molar refractivity (Wildman–Crippen MR) is 90.8 cm³/mol. The number of nitrogens with one attached hydrogen (secondary N) is 1. The van der Waals surface area contributed by atoms with Crippen molar-refractivity contribution in [2.24, 2.45) is 0 Å². The van der Waals surface area contributed by atoms with E-state index in [1.54, 1.807) is 0 Å². The molecule has 0 atom stereocenters. The zero-order valence-electron chi connectivity index (χ0n) is 12.7. The number of rotatable bonds is 6. The van der Waals surface area contributed by atoms with Gasteiger partial charge in [0.25, 0.3) is 0 Å². The van der Waals surface area contributed by atoms with Crippen molar-refractivity contribution in [1.82, 2.24) is 20.4 Å². The minimum Gasteiger partial charge on any atom is -0.374 e. The molecule has 1 aliphatic heterocycles. The van der Waals surface area contributed by atoms with E-state index >= 15 is 0 Å². The maximum atomic E-state index is 5.60. The Kier molecular flexibility index (Phi) is 5.37. The highest BCUT2D eigenvalue weighted by Gasteiger charge is 2.18. The van der Waals surface area contributed by atoms with E-state index in [9.17, 15) is 0 Å². The number of piperidine rings is 1. The van der Waals surface area contributed by atoms with Gasteiger partial charge in [-0.1, -0.05) is 41.7 Å². The van der Waals surface area contributed by atoms with Crippen LogP contribution in [0.15, 0.2) is 30.3 Å². The Labute approximate surface area is 135 Å². The maximum Gasteiger partial charge on any atom is 0.203 e. The molecule has 5 nitrogen and oxygen atoms in total. The number of nitrogens with zero attached hydrogens (tertiary/aromatic N) is 3. The molecule has 1 aromatic heterocycles. The van der Waals surface area contributed by atoms with Crippen molar-refractivity contribution in [3.05, 3.63) is 40.9 Å². The Morgan fingerprint density at radius 1 is 1.18 bits per heavy atom. The first-order valence-corrected chi connectivity index (χ1v) is 8.69. The molecule has 3 N–H and O–H groups in total. The van der Waals surface area contributed by atoms with Crippen LogP contribution < -0.4 is 11.1 Å². The fourth-order valence-corrected chi connectivity index (χ4v) is 3.42. The van der Waals surface area contributed by atoms with Crippen LogP contribution >= 0.6 is 11.3 Å². The number of nitrogens with two attached hydrogens (primary N) is 1. The van der Waals surface area contributed by atoms with Crippen molar-refractivity contribution < 1.29 is 0 Å². The van der Waals surface area contributed by atoms with Crippen LogP contribution in [0.1, 0.15) is 23.4 Å². The van der Waals surface area contributed by atoms with Gasteiger partial charge in [-0.05, 0) is 37.9 Å². The quantitative estimate of drug-likeness (QED) is 0.852. The van der Waals surface area contributed by atoms with Gasteiger partial charge in [-0.25, -0.2) is 0 Å². The number of nitrogen functional groups attached to an aromatic ring is 1. The van der Waals surface area contributed by atoms with Gasteiger partial charge >= 0.3 is 0 Å². The molecule has 0 radical (unpaired) electrons. The second-order valence-corrected chi connectivity index (χ2v) is 6.86. The summed E-state index contributed by atoms with van der Waals surface area (Å²) in [5.41, 5.74) is 7.02. The number of hydrogen-bond donors (Lipinski definition) is 2. The Morgan fingerprint density at radius 3 is 2.64 bits per heavy atom. The molecule has 3 rings (SSSR count). The zero-order valence-corrected chi connectivity index (χ0v) is 13.6. The summed E-state index contributed by atoms with van der Waals surface area (Å²) in [6.45, 7) is 4.28. The maximum absolute atomic E-state index is 5.60. The van der Waals surface area contributed by atoms with Crippen molar-refractivity contribution in [3.8, 4) is 0 Å². The molecule has 1 saturated heterocycles. The predicted octanol–water partition coefficient (Wildman–Crippen LogP) is 1.92. The van der Waals surface area contributed by atoms with Crippen LogP contribution in [-0.2, 0) is 13.0 Å². The van der Waals surface area contributed by atoms with Crippen LogP contribution in [0.25, 0.3) is 0 Å². The van der Waals surface area contributed by atoms with E-state index in [1.807, 2.05) is 0 Å². The summed E-state index contributed by atoms with van der Waals surface area (Å²) >= 11 is 1.47. The highest BCUT2D eigenvalue weighted by Crippen LogP contribution is 2.14. The van der Waals surface area contributed by atoms with Gasteiger partial charge in [0.15, 0.2) is 0 Å². The second kappa shape index (κ2) is 7.67. The summed E-state index contributed by atoms with van der Waals surface area (Å²) in [4.78, 5) is 2.56. The van der Waals surface area contributed by atoms with Crippen molar-refractivity contribution in [2.75, 3.05) is 25.4 Å². The first-order valence-electron chi connectivity index (χ1n) is 7.87. The standard InChI is InChI=1S/C16H23N5S/c17-16-20-19-15(22-16)12-18-14-7-10-21(11-8-14)9-6-13-4-2-1-3-5-13/h1-5,14,18H,6-12H2,(H2,17,20). The lowest BCUT2D eigenvalue weighted by molar-refractivity contribution is 0.199. The molecule has 0 saturated carbocycles. The number of anilines is 1. The second-order valence-electron chi connectivity index (χ2n) is 5.77. The first-order chi connectivity index (χ1) is 10.8. The lowest BCUT2D eigenvalue weighted by Crippen LogP contribution is -2.42. The molecule has 2 heterocycles. The normalized spacial score (nSPS) is 16.9. The summed E-state index contributed by atoms with van der Waals surface area (Å²) in [7, 11) is 0. The summed E-state index contributed by atoms with van der Waals surface area (Å²) in [6, 6.07) is 11.3. The van der Waals surface area contributed by atoms with E-state index in [1.165, 1.54) is 42.8 Å². The SMILES string of the molecule is Nc1nnc(CNC2CCN(CCc3ccccc3)CC2)s1. The number of benzene rings is 1. The third kappa shape index (κ3) is 4.50. The number of hydrogen-bond acceptors (Lipinski definition) is 6. The molecule has 1 fully saturated rings. The van der Waals surface area contributed by atoms with Crippen LogP contribution in [-0.4, -0.2) is 40.8 Å². The molecule has 0 spiro atoms. The summed E-state index contributed by atoms with van der Waals surface area (Å²) < 4.78 is 0. The highest BCUT2D eigenvalue weighted by molar-refractivity contribution is 7.15. The molecule has 1 aliphatic rings. The molecule has 6 heteroatoms. The van der Waals surface area contributed by atoms with Gasteiger partial charge in [0, 0.05) is 12.6 Å². The van der Waals surface area contributed by atoms with E-state index in [0.29, 0.717) is 11.2 Å². The Hall–Kier alpha value is -1.50. The fourth-order valence-electron chi connectivity index (χ4n) is 2.86. The molecule has 0 bridgehead atoms. The van der Waals surface area contributed by atoms with Crippen molar-refractivity contribution >= 4 is 16.5 Å². The lowest BCUT2D eigenvalue weighted by atomic mass is 10.0. The van der Waals surface area contributed by atoms with E-state index in [0.717, 1.165) is 24.5 Å². The van der Waals surface area contributed by atoms with Crippen LogP contribution in [0, 0.1) is 0 Å². The van der Waals surface area contributed by atoms with E-state index in [-0.39, 0.29) is 0 Å². The Morgan fingerprint density at radius 2 is 1.95 bits per heavy atom. The Bertz CT molecular complexity index is 563. The van der Waals surface area contributed by atoms with Gasteiger partial charge in [0.05, 0.1) is 6.54 Å². The average molecular weight is 317 g/mol. The molecule has 22 heavy (non-hydrogen) atoms. The molecule has 2 aromatic rings. The molecule has 118 valence electrons. The van der Waals surface area contributed by atoms with Crippen molar-refractivity contribution in [2.45, 2.75) is 31.8 Å². The summed E-state index contributed by atoms with van der Waals surface area (Å²) in [5.74, 6) is 0. The zero-order chi connectivity index (χ0) is 15.2. The van der Waals surface area contributed by atoms with Gasteiger partial charge in [0.2, 0.25) is 5.13 Å². The Balaban J connectivity index is 1.35. The molecule has 0 unspecified atom stereocenters. The number of likely N-dealkylation sites (tertiary alicyclic amines) is 1. The van der Waals surface area contributed by atoms with Gasteiger partial charge in [-0.3, -0.25) is 0 Å². The third-order valence-electron chi connectivity index (χ3n) is 4.17. The largest absolute Gasteiger partial charge is 0.374 e. The smallest absolute Gasteiger partial charge is 0.203 e. The molecule has 1 aromatic carbocycles. The van der Waals surface area contributed by atoms with Gasteiger partial charge in [-0.2, -0.15) is 0 Å². The van der Waals surface area contributed by atoms with Crippen LogP contribution in [0.2, 0.25) is 0 Å². The molecule has 0 aliphatic carbocycles. The third-order valence-corrected chi connectivity index (χ3v) is 4.92.